The number of hydrogen-bond donors (Lipinski definition) is 0. The van der Waals surface area contributed by atoms with Crippen LogP contribution >= 0.6 is 0 Å². The van der Waals surface area contributed by atoms with Crippen molar-refractivity contribution >= 4 is 23.6 Å². The van der Waals surface area contributed by atoms with Crippen LogP contribution in [0.1, 0.15) is 36.5 Å². The molecule has 7 heteroatoms. The fourth-order valence-corrected chi connectivity index (χ4v) is 3.45. The molecule has 1 aromatic carbocycles. The van der Waals surface area contributed by atoms with Crippen LogP contribution in [-0.2, 0) is 19.1 Å². The second-order valence-electron chi connectivity index (χ2n) is 6.74. The summed E-state index contributed by atoms with van der Waals surface area (Å²) in [5.74, 6) is -2.77. The van der Waals surface area contributed by atoms with Crippen molar-refractivity contribution in [2.75, 3.05) is 6.54 Å². The summed E-state index contributed by atoms with van der Waals surface area (Å²) in [5.41, 5.74) is 0.234. The minimum atomic E-state index is -1.04. The molecule has 0 N–H and O–H groups in total. The Morgan fingerprint density at radius 2 is 1.67 bits per heavy atom. The lowest BCUT2D eigenvalue weighted by atomic mass is 9.85. The van der Waals surface area contributed by atoms with Crippen molar-refractivity contribution in [1.29, 1.82) is 0 Å². The molecule has 1 aliphatic heterocycles. The lowest BCUT2D eigenvalue weighted by molar-refractivity contribution is -0.147. The Bertz CT molecular complexity index is 775. The topological polar surface area (TPSA) is 80.8 Å². The van der Waals surface area contributed by atoms with Crippen molar-refractivity contribution in [2.45, 2.75) is 32.3 Å². The largest absolute Gasteiger partial charge is 0.454 e. The average Bonchev–Trinajstić information content (AvgIpc) is 2.91. The number of ketones is 1. The molecule has 0 aromatic heterocycles. The molecule has 0 radical (unpaired) electrons. The number of Topliss-reactive ketones (excluding diaryl/α,β-unsaturated/α-hetero) is 1. The number of carbonyl (C=O) groups is 4. The van der Waals surface area contributed by atoms with Gasteiger partial charge in [0.25, 0.3) is 0 Å². The van der Waals surface area contributed by atoms with Crippen LogP contribution in [0, 0.1) is 17.7 Å². The molecule has 0 spiro atoms. The van der Waals surface area contributed by atoms with E-state index in [4.69, 9.17) is 4.74 Å². The Kier molecular flexibility index (Phi) is 5.48. The van der Waals surface area contributed by atoms with Gasteiger partial charge < -0.3 is 4.74 Å². The van der Waals surface area contributed by atoms with E-state index in [0.717, 1.165) is 17.0 Å². The molecular formula is C20H20FNO5. The van der Waals surface area contributed by atoms with Crippen LogP contribution in [0.5, 0.6) is 0 Å². The molecule has 2 aliphatic rings. The minimum absolute atomic E-state index is 0.0546. The minimum Gasteiger partial charge on any atom is -0.454 e. The number of halogens is 1. The summed E-state index contributed by atoms with van der Waals surface area (Å²) >= 11 is 0. The molecule has 6 nitrogen and oxygen atoms in total. The van der Waals surface area contributed by atoms with E-state index < -0.39 is 23.7 Å². The molecule has 0 bridgehead atoms. The van der Waals surface area contributed by atoms with Gasteiger partial charge in [0, 0.05) is 12.1 Å². The van der Waals surface area contributed by atoms with Gasteiger partial charge in [-0.15, -0.1) is 0 Å². The van der Waals surface area contributed by atoms with Crippen molar-refractivity contribution in [3.8, 4) is 0 Å². The monoisotopic (exact) mass is 373 g/mol. The first kappa shape index (κ1) is 18.9. The van der Waals surface area contributed by atoms with Gasteiger partial charge in [0.05, 0.1) is 18.3 Å². The highest BCUT2D eigenvalue weighted by Crippen LogP contribution is 2.35. The predicted octanol–water partition coefficient (Wildman–Crippen LogP) is 2.28. The predicted molar refractivity (Wildman–Crippen MR) is 93.0 cm³/mol. The van der Waals surface area contributed by atoms with Gasteiger partial charge in [0.15, 0.2) is 6.10 Å². The quantitative estimate of drug-likeness (QED) is 0.331. The molecule has 3 atom stereocenters. The van der Waals surface area contributed by atoms with Crippen molar-refractivity contribution < 1.29 is 28.3 Å². The zero-order valence-electron chi connectivity index (χ0n) is 14.9. The Balaban J connectivity index is 1.52. The third kappa shape index (κ3) is 3.97. The van der Waals surface area contributed by atoms with E-state index in [1.165, 1.54) is 19.1 Å². The number of rotatable bonds is 6. The Labute approximate surface area is 156 Å². The number of likely N-dealkylation sites (tertiary alicyclic amines) is 1. The van der Waals surface area contributed by atoms with Crippen LogP contribution in [-0.4, -0.2) is 41.1 Å². The summed E-state index contributed by atoms with van der Waals surface area (Å²) in [6.45, 7) is 1.37. The molecule has 27 heavy (non-hydrogen) atoms. The van der Waals surface area contributed by atoms with Crippen molar-refractivity contribution in [3.63, 3.8) is 0 Å². The van der Waals surface area contributed by atoms with Gasteiger partial charge in [-0.2, -0.15) is 0 Å². The van der Waals surface area contributed by atoms with Gasteiger partial charge >= 0.3 is 5.97 Å². The molecule has 3 rings (SSSR count). The number of fused-ring (bicyclic) bond motifs is 1. The van der Waals surface area contributed by atoms with Gasteiger partial charge in [0.2, 0.25) is 17.6 Å². The maximum Gasteiger partial charge on any atom is 0.308 e. The number of carbonyl (C=O) groups excluding carboxylic acids is 4. The molecule has 0 saturated carbocycles. The molecule has 2 amide bonds. The van der Waals surface area contributed by atoms with E-state index in [2.05, 4.69) is 0 Å². The van der Waals surface area contributed by atoms with Gasteiger partial charge in [-0.25, -0.2) is 4.39 Å². The van der Waals surface area contributed by atoms with E-state index in [0.29, 0.717) is 12.8 Å². The smallest absolute Gasteiger partial charge is 0.308 e. The first-order valence-electron chi connectivity index (χ1n) is 8.88. The maximum absolute atomic E-state index is 12.9. The number of imide groups is 1. The Morgan fingerprint density at radius 1 is 1.11 bits per heavy atom. The molecule has 1 aliphatic carbocycles. The number of allylic oxidation sites excluding steroid dienone is 2. The fourth-order valence-electron chi connectivity index (χ4n) is 3.45. The zero-order chi connectivity index (χ0) is 19.6. The highest BCUT2D eigenvalue weighted by atomic mass is 19.1. The van der Waals surface area contributed by atoms with E-state index in [-0.39, 0.29) is 42.2 Å². The Hall–Kier alpha value is -2.83. The lowest BCUT2D eigenvalue weighted by Crippen LogP contribution is -2.34. The number of hydrogen-bond acceptors (Lipinski definition) is 5. The normalized spacial score (nSPS) is 22.5. The second-order valence-corrected chi connectivity index (χ2v) is 6.74. The van der Waals surface area contributed by atoms with Gasteiger partial charge in [-0.1, -0.05) is 12.2 Å². The fraction of sp³-hybridized carbons (Fsp3) is 0.400. The van der Waals surface area contributed by atoms with Crippen molar-refractivity contribution in [3.05, 3.63) is 47.8 Å². The van der Waals surface area contributed by atoms with E-state index in [1.54, 1.807) is 0 Å². The van der Waals surface area contributed by atoms with E-state index >= 15 is 0 Å². The molecular weight excluding hydrogens is 353 g/mol. The number of nitrogens with zero attached hydrogens (tertiary/aromatic N) is 1. The van der Waals surface area contributed by atoms with Gasteiger partial charge in [-0.3, -0.25) is 24.1 Å². The maximum atomic E-state index is 12.9. The summed E-state index contributed by atoms with van der Waals surface area (Å²) in [4.78, 5) is 50.0. The first-order chi connectivity index (χ1) is 12.9. The van der Waals surface area contributed by atoms with Crippen LogP contribution in [0.3, 0.4) is 0 Å². The first-order valence-corrected chi connectivity index (χ1v) is 8.88. The van der Waals surface area contributed by atoms with Crippen LogP contribution < -0.4 is 0 Å². The summed E-state index contributed by atoms with van der Waals surface area (Å²) in [5, 5.41) is 0. The Morgan fingerprint density at radius 3 is 2.22 bits per heavy atom. The second kappa shape index (κ2) is 7.82. The average molecular weight is 373 g/mol. The lowest BCUT2D eigenvalue weighted by Gasteiger charge is -2.16. The third-order valence-electron chi connectivity index (χ3n) is 4.94. The number of esters is 1. The standard InChI is InChI=1S/C20H20FNO5/c1-12(18(24)13-6-8-14(21)9-7-13)27-17(23)10-11-22-19(25)15-4-2-3-5-16(15)20(22)26/h2-3,6-9,12,15-16H,4-5,10-11H2,1H3/t12-,15+,16+/m1/s1. The summed E-state index contributed by atoms with van der Waals surface area (Å²) < 4.78 is 18.0. The van der Waals surface area contributed by atoms with Gasteiger partial charge in [0.1, 0.15) is 5.82 Å². The summed E-state index contributed by atoms with van der Waals surface area (Å²) in [7, 11) is 0. The van der Waals surface area contributed by atoms with E-state index in [1.807, 2.05) is 12.2 Å². The molecule has 142 valence electrons. The highest BCUT2D eigenvalue weighted by molar-refractivity contribution is 6.05. The molecule has 1 fully saturated rings. The van der Waals surface area contributed by atoms with Crippen LogP contribution in [0.25, 0.3) is 0 Å². The van der Waals surface area contributed by atoms with Gasteiger partial charge in [-0.05, 0) is 44.0 Å². The third-order valence-corrected chi connectivity index (χ3v) is 4.94. The summed E-state index contributed by atoms with van der Waals surface area (Å²) in [6, 6.07) is 4.94. The molecule has 1 saturated heterocycles. The SMILES string of the molecule is C[C@@H](OC(=O)CCN1C(=O)[C@H]2CC=CC[C@@H]2C1=O)C(=O)c1ccc(F)cc1. The van der Waals surface area contributed by atoms with E-state index in [9.17, 15) is 23.6 Å². The summed E-state index contributed by atoms with van der Waals surface area (Å²) in [6.07, 6.45) is 3.66. The molecule has 1 heterocycles. The van der Waals surface area contributed by atoms with Crippen molar-refractivity contribution in [2.24, 2.45) is 11.8 Å². The zero-order valence-corrected chi connectivity index (χ0v) is 14.9. The van der Waals surface area contributed by atoms with Crippen molar-refractivity contribution in [1.82, 2.24) is 4.90 Å². The molecule has 0 unspecified atom stereocenters. The van der Waals surface area contributed by atoms with Crippen LogP contribution in [0.2, 0.25) is 0 Å². The number of benzene rings is 1. The van der Waals surface area contributed by atoms with Crippen LogP contribution in [0.4, 0.5) is 4.39 Å². The number of ether oxygens (including phenoxy) is 1. The number of amides is 2. The molecule has 1 aromatic rings. The van der Waals surface area contributed by atoms with Crippen LogP contribution in [0.15, 0.2) is 36.4 Å². The highest BCUT2D eigenvalue weighted by Gasteiger charge is 2.47.